The Morgan fingerprint density at radius 2 is 2.00 bits per heavy atom. The lowest BCUT2D eigenvalue weighted by molar-refractivity contribution is 0.335. The molecule has 3 nitrogen and oxygen atoms in total. The van der Waals surface area contributed by atoms with Gasteiger partial charge >= 0.3 is 0 Å². The quantitative estimate of drug-likeness (QED) is 0.650. The summed E-state index contributed by atoms with van der Waals surface area (Å²) in [6.07, 6.45) is 5.61. The van der Waals surface area contributed by atoms with Crippen LogP contribution < -0.4 is 0 Å². The lowest BCUT2D eigenvalue weighted by Gasteiger charge is -2.30. The SMILES string of the molecule is C=C1c2cccn2-c2cc(-c3ccc(F)cn3)ccc2C2(CC2)N1C. The maximum absolute atomic E-state index is 13.2. The van der Waals surface area contributed by atoms with Gasteiger partial charge in [-0.2, -0.15) is 0 Å². The Morgan fingerprint density at radius 3 is 2.72 bits per heavy atom. The van der Waals surface area contributed by atoms with Crippen molar-refractivity contribution in [2.24, 2.45) is 0 Å². The summed E-state index contributed by atoms with van der Waals surface area (Å²) in [5.41, 5.74) is 6.43. The van der Waals surface area contributed by atoms with E-state index in [4.69, 9.17) is 0 Å². The van der Waals surface area contributed by atoms with Crippen LogP contribution in [0.5, 0.6) is 0 Å². The number of fused-ring (bicyclic) bond motifs is 4. The smallest absolute Gasteiger partial charge is 0.141 e. The number of hydrogen-bond donors (Lipinski definition) is 0. The number of halogens is 1. The maximum atomic E-state index is 13.2. The van der Waals surface area contributed by atoms with Crippen molar-refractivity contribution >= 4 is 5.70 Å². The molecule has 0 bridgehead atoms. The Morgan fingerprint density at radius 1 is 1.16 bits per heavy atom. The fraction of sp³-hybridized carbons (Fsp3) is 0.190. The van der Waals surface area contributed by atoms with E-state index in [1.54, 1.807) is 6.07 Å². The molecule has 0 amide bonds. The van der Waals surface area contributed by atoms with Crippen molar-refractivity contribution in [3.63, 3.8) is 0 Å². The second-order valence-corrected chi connectivity index (χ2v) is 6.89. The monoisotopic (exact) mass is 331 g/mol. The number of aromatic nitrogens is 2. The second-order valence-electron chi connectivity index (χ2n) is 6.89. The van der Waals surface area contributed by atoms with Crippen LogP contribution in [0.3, 0.4) is 0 Å². The molecule has 0 radical (unpaired) electrons. The largest absolute Gasteiger partial charge is 0.364 e. The molecule has 0 unspecified atom stereocenters. The van der Waals surface area contributed by atoms with Gasteiger partial charge in [-0.1, -0.05) is 18.7 Å². The van der Waals surface area contributed by atoms with E-state index in [1.807, 2.05) is 6.07 Å². The number of nitrogens with zero attached hydrogens (tertiary/aromatic N) is 3. The van der Waals surface area contributed by atoms with E-state index in [9.17, 15) is 4.39 Å². The first-order chi connectivity index (χ1) is 12.1. The van der Waals surface area contributed by atoms with E-state index in [-0.39, 0.29) is 11.4 Å². The Hall–Kier alpha value is -2.88. The first kappa shape index (κ1) is 14.5. The van der Waals surface area contributed by atoms with E-state index < -0.39 is 0 Å². The summed E-state index contributed by atoms with van der Waals surface area (Å²) in [6.45, 7) is 4.33. The summed E-state index contributed by atoms with van der Waals surface area (Å²) >= 11 is 0. The molecule has 1 spiro atoms. The molecule has 2 aliphatic rings. The Balaban J connectivity index is 1.75. The van der Waals surface area contributed by atoms with Crippen LogP contribution in [-0.2, 0) is 5.54 Å². The van der Waals surface area contributed by atoms with Crippen LogP contribution >= 0.6 is 0 Å². The summed E-state index contributed by atoms with van der Waals surface area (Å²) in [5.74, 6) is -0.318. The molecule has 1 aromatic carbocycles. The highest BCUT2D eigenvalue weighted by atomic mass is 19.1. The normalized spacial score (nSPS) is 17.2. The minimum Gasteiger partial charge on any atom is -0.364 e. The average molecular weight is 331 g/mol. The topological polar surface area (TPSA) is 21.1 Å². The molecule has 3 aromatic rings. The summed E-state index contributed by atoms with van der Waals surface area (Å²) in [7, 11) is 2.14. The van der Waals surface area contributed by atoms with Gasteiger partial charge in [-0.05, 0) is 43.2 Å². The molecule has 1 aliphatic heterocycles. The molecule has 5 rings (SSSR count). The lowest BCUT2D eigenvalue weighted by Crippen LogP contribution is -2.28. The molecule has 2 aromatic heterocycles. The van der Waals surface area contributed by atoms with Gasteiger partial charge in [-0.25, -0.2) is 4.39 Å². The fourth-order valence-corrected chi connectivity index (χ4v) is 3.99. The fourth-order valence-electron chi connectivity index (χ4n) is 3.99. The van der Waals surface area contributed by atoms with Crippen LogP contribution in [0.4, 0.5) is 4.39 Å². The van der Waals surface area contributed by atoms with E-state index in [0.717, 1.165) is 41.2 Å². The predicted octanol–water partition coefficient (Wildman–Crippen LogP) is 4.58. The first-order valence-corrected chi connectivity index (χ1v) is 8.47. The summed E-state index contributed by atoms with van der Waals surface area (Å²) < 4.78 is 15.4. The Kier molecular flexibility index (Phi) is 2.79. The molecule has 1 fully saturated rings. The molecule has 1 saturated carbocycles. The molecule has 0 N–H and O–H groups in total. The van der Waals surface area contributed by atoms with Crippen molar-refractivity contribution in [2.45, 2.75) is 18.4 Å². The number of benzene rings is 1. The zero-order valence-corrected chi connectivity index (χ0v) is 14.0. The third kappa shape index (κ3) is 1.94. The third-order valence-electron chi connectivity index (χ3n) is 5.60. The molecule has 0 saturated heterocycles. The number of rotatable bonds is 1. The number of pyridine rings is 1. The predicted molar refractivity (Wildman–Crippen MR) is 96.7 cm³/mol. The van der Waals surface area contributed by atoms with E-state index in [2.05, 4.69) is 58.5 Å². The second kappa shape index (κ2) is 4.82. The van der Waals surface area contributed by atoms with Crippen LogP contribution in [0.2, 0.25) is 0 Å². The maximum Gasteiger partial charge on any atom is 0.141 e. The molecular weight excluding hydrogens is 313 g/mol. The van der Waals surface area contributed by atoms with Gasteiger partial charge in [0.15, 0.2) is 0 Å². The van der Waals surface area contributed by atoms with Crippen molar-refractivity contribution in [1.29, 1.82) is 0 Å². The highest BCUT2D eigenvalue weighted by Crippen LogP contribution is 2.56. The molecule has 1 aliphatic carbocycles. The van der Waals surface area contributed by atoms with Crippen molar-refractivity contribution in [3.05, 3.63) is 78.5 Å². The molecule has 25 heavy (non-hydrogen) atoms. The Labute approximate surface area is 146 Å². The zero-order chi connectivity index (χ0) is 17.2. The minimum atomic E-state index is -0.318. The van der Waals surface area contributed by atoms with Gasteiger partial charge in [0.05, 0.1) is 34.5 Å². The van der Waals surface area contributed by atoms with Gasteiger partial charge in [0.25, 0.3) is 0 Å². The van der Waals surface area contributed by atoms with Crippen molar-refractivity contribution < 1.29 is 4.39 Å². The van der Waals surface area contributed by atoms with Crippen molar-refractivity contribution in [3.8, 4) is 16.9 Å². The third-order valence-corrected chi connectivity index (χ3v) is 5.60. The van der Waals surface area contributed by atoms with Crippen LogP contribution in [0, 0.1) is 5.82 Å². The van der Waals surface area contributed by atoms with Crippen molar-refractivity contribution in [1.82, 2.24) is 14.5 Å². The average Bonchev–Trinajstić information content (AvgIpc) is 3.30. The van der Waals surface area contributed by atoms with Gasteiger partial charge in [-0.3, -0.25) is 4.98 Å². The molecular formula is C21H18FN3. The van der Waals surface area contributed by atoms with E-state index in [1.165, 1.54) is 17.8 Å². The van der Waals surface area contributed by atoms with Crippen molar-refractivity contribution in [2.75, 3.05) is 7.05 Å². The lowest BCUT2D eigenvalue weighted by atomic mass is 9.98. The van der Waals surface area contributed by atoms with Crippen LogP contribution in [0.1, 0.15) is 24.1 Å². The summed E-state index contributed by atoms with van der Waals surface area (Å²) in [5, 5.41) is 0. The standard InChI is InChI=1S/C21H18FN3/c1-14-19-4-3-11-25(19)20-12-15(18-8-6-16(22)13-23-18)5-7-17(20)21(9-10-21)24(14)2/h3-8,11-13H,1,9-10H2,2H3. The molecule has 4 heteroatoms. The Bertz CT molecular complexity index is 996. The highest BCUT2D eigenvalue weighted by molar-refractivity contribution is 5.72. The van der Waals surface area contributed by atoms with E-state index in [0.29, 0.717) is 0 Å². The minimum absolute atomic E-state index is 0.0419. The van der Waals surface area contributed by atoms with Crippen LogP contribution in [0.25, 0.3) is 22.6 Å². The molecule has 0 atom stereocenters. The van der Waals surface area contributed by atoms with Gasteiger partial charge in [0, 0.05) is 24.4 Å². The van der Waals surface area contributed by atoms with E-state index >= 15 is 0 Å². The van der Waals surface area contributed by atoms with Gasteiger partial charge in [0.2, 0.25) is 0 Å². The van der Waals surface area contributed by atoms with Gasteiger partial charge in [-0.15, -0.1) is 0 Å². The summed E-state index contributed by atoms with van der Waals surface area (Å²) in [6, 6.07) is 13.8. The van der Waals surface area contributed by atoms with Crippen LogP contribution in [0.15, 0.2) is 61.4 Å². The van der Waals surface area contributed by atoms with Gasteiger partial charge in [0.1, 0.15) is 5.82 Å². The van der Waals surface area contributed by atoms with Gasteiger partial charge < -0.3 is 9.47 Å². The summed E-state index contributed by atoms with van der Waals surface area (Å²) in [4.78, 5) is 6.55. The zero-order valence-electron chi connectivity index (χ0n) is 14.0. The number of hydrogen-bond acceptors (Lipinski definition) is 2. The molecule has 3 heterocycles. The first-order valence-electron chi connectivity index (χ1n) is 8.47. The molecule has 124 valence electrons. The van der Waals surface area contributed by atoms with Crippen LogP contribution in [-0.4, -0.2) is 21.5 Å². The highest BCUT2D eigenvalue weighted by Gasteiger charge is 2.51.